The zero-order chi connectivity index (χ0) is 18.5. The number of rotatable bonds is 4. The monoisotopic (exact) mass is 357 g/mol. The number of benzene rings is 1. The number of nitrogens with zero attached hydrogens (tertiary/aromatic N) is 2. The maximum Gasteiger partial charge on any atom is 0.237 e. The van der Waals surface area contributed by atoms with Crippen LogP contribution in [0.2, 0.25) is 0 Å². The highest BCUT2D eigenvalue weighted by molar-refractivity contribution is 5.92. The lowest BCUT2D eigenvalue weighted by Gasteiger charge is -2.41. The molecule has 2 heterocycles. The fourth-order valence-electron chi connectivity index (χ4n) is 4.30. The van der Waals surface area contributed by atoms with Crippen molar-refractivity contribution in [1.82, 2.24) is 9.80 Å². The van der Waals surface area contributed by atoms with Gasteiger partial charge in [0, 0.05) is 23.7 Å². The van der Waals surface area contributed by atoms with Crippen molar-refractivity contribution in [3.8, 4) is 0 Å². The Morgan fingerprint density at radius 2 is 1.62 bits per heavy atom. The Hall–Kier alpha value is -1.88. The molecule has 0 bridgehead atoms. The zero-order valence-electron chi connectivity index (χ0n) is 16.0. The Kier molecular flexibility index (Phi) is 6.30. The van der Waals surface area contributed by atoms with Crippen molar-refractivity contribution in [3.63, 3.8) is 0 Å². The van der Waals surface area contributed by atoms with Crippen LogP contribution >= 0.6 is 0 Å². The van der Waals surface area contributed by atoms with E-state index in [1.54, 1.807) is 0 Å². The van der Waals surface area contributed by atoms with Crippen LogP contribution in [0.4, 0.5) is 5.69 Å². The van der Waals surface area contributed by atoms with Crippen LogP contribution in [0.15, 0.2) is 30.3 Å². The first kappa shape index (κ1) is 18.9. The van der Waals surface area contributed by atoms with E-state index in [9.17, 15) is 9.59 Å². The van der Waals surface area contributed by atoms with E-state index < -0.39 is 0 Å². The van der Waals surface area contributed by atoms with Crippen LogP contribution in [0.1, 0.15) is 46.0 Å². The van der Waals surface area contributed by atoms with Crippen LogP contribution in [-0.2, 0) is 9.59 Å². The molecule has 0 aliphatic carbocycles. The summed E-state index contributed by atoms with van der Waals surface area (Å²) in [4.78, 5) is 29.5. The minimum absolute atomic E-state index is 0.0365. The second-order valence-electron chi connectivity index (χ2n) is 7.84. The predicted molar refractivity (Wildman–Crippen MR) is 104 cm³/mol. The van der Waals surface area contributed by atoms with Crippen molar-refractivity contribution in [2.24, 2.45) is 5.92 Å². The van der Waals surface area contributed by atoms with Crippen LogP contribution in [0.3, 0.4) is 0 Å². The average molecular weight is 357 g/mol. The highest BCUT2D eigenvalue weighted by Gasteiger charge is 2.31. The molecule has 0 spiro atoms. The van der Waals surface area contributed by atoms with Crippen molar-refractivity contribution >= 4 is 17.5 Å². The van der Waals surface area contributed by atoms with Gasteiger partial charge >= 0.3 is 0 Å². The van der Waals surface area contributed by atoms with Crippen molar-refractivity contribution in [2.75, 3.05) is 25.0 Å². The Morgan fingerprint density at radius 1 is 1.00 bits per heavy atom. The summed E-state index contributed by atoms with van der Waals surface area (Å²) in [6.45, 7) is 6.44. The fraction of sp³-hybridized carbons (Fsp3) is 0.619. The molecule has 26 heavy (non-hydrogen) atoms. The van der Waals surface area contributed by atoms with Gasteiger partial charge in [-0.1, -0.05) is 18.2 Å². The first-order chi connectivity index (χ1) is 12.5. The standard InChI is InChI=1S/C21H31N3O2/c1-16-7-6-8-17(2)24(16)20(25)15-23-13-11-18(12-14-23)21(26)22-19-9-4-3-5-10-19/h3-5,9-10,16-18H,6-8,11-15H2,1-2H3,(H,22,26)/t16-,17-/m1/s1. The predicted octanol–water partition coefficient (Wildman–Crippen LogP) is 3.13. The molecule has 0 unspecified atom stereocenters. The van der Waals surface area contributed by atoms with E-state index in [0.29, 0.717) is 18.6 Å². The number of likely N-dealkylation sites (tertiary alicyclic amines) is 2. The summed E-state index contributed by atoms with van der Waals surface area (Å²) in [5.74, 6) is 0.381. The first-order valence-corrected chi connectivity index (χ1v) is 9.94. The third kappa shape index (κ3) is 4.64. The molecule has 0 aromatic heterocycles. The van der Waals surface area contributed by atoms with E-state index in [-0.39, 0.29) is 17.7 Å². The highest BCUT2D eigenvalue weighted by atomic mass is 16.2. The number of carbonyl (C=O) groups is 2. The van der Waals surface area contributed by atoms with Gasteiger partial charge in [0.2, 0.25) is 11.8 Å². The lowest BCUT2D eigenvalue weighted by Crippen LogP contribution is -2.52. The lowest BCUT2D eigenvalue weighted by atomic mass is 9.95. The molecule has 3 rings (SSSR count). The van der Waals surface area contributed by atoms with Gasteiger partial charge in [-0.2, -0.15) is 0 Å². The van der Waals surface area contributed by atoms with E-state index in [2.05, 4.69) is 29.0 Å². The number of hydrogen-bond acceptors (Lipinski definition) is 3. The van der Waals surface area contributed by atoms with Gasteiger partial charge in [-0.25, -0.2) is 0 Å². The molecule has 2 aliphatic heterocycles. The molecular formula is C21H31N3O2. The van der Waals surface area contributed by atoms with Crippen LogP contribution in [0.25, 0.3) is 0 Å². The summed E-state index contributed by atoms with van der Waals surface area (Å²) in [7, 11) is 0. The average Bonchev–Trinajstić information content (AvgIpc) is 2.63. The smallest absolute Gasteiger partial charge is 0.237 e. The van der Waals surface area contributed by atoms with Gasteiger partial charge < -0.3 is 10.2 Å². The second-order valence-corrected chi connectivity index (χ2v) is 7.84. The van der Waals surface area contributed by atoms with Crippen molar-refractivity contribution in [2.45, 2.75) is 58.0 Å². The van der Waals surface area contributed by atoms with Gasteiger partial charge in [-0.15, -0.1) is 0 Å². The molecular weight excluding hydrogens is 326 g/mol. The number of piperidine rings is 2. The number of anilines is 1. The van der Waals surface area contributed by atoms with E-state index in [1.165, 1.54) is 6.42 Å². The molecule has 5 nitrogen and oxygen atoms in total. The molecule has 0 saturated carbocycles. The lowest BCUT2D eigenvalue weighted by molar-refractivity contribution is -0.138. The van der Waals surface area contributed by atoms with Gasteiger partial charge in [0.15, 0.2) is 0 Å². The van der Waals surface area contributed by atoms with E-state index in [1.807, 2.05) is 30.3 Å². The largest absolute Gasteiger partial charge is 0.336 e. The van der Waals surface area contributed by atoms with Gasteiger partial charge in [0.05, 0.1) is 6.54 Å². The third-order valence-electron chi connectivity index (χ3n) is 5.84. The van der Waals surface area contributed by atoms with E-state index in [4.69, 9.17) is 0 Å². The third-order valence-corrected chi connectivity index (χ3v) is 5.84. The maximum atomic E-state index is 12.7. The van der Waals surface area contributed by atoms with Crippen molar-refractivity contribution < 1.29 is 9.59 Å². The van der Waals surface area contributed by atoms with E-state index in [0.717, 1.165) is 44.5 Å². The highest BCUT2D eigenvalue weighted by Crippen LogP contribution is 2.24. The summed E-state index contributed by atoms with van der Waals surface area (Å²) in [5, 5.41) is 3.00. The summed E-state index contributed by atoms with van der Waals surface area (Å²) in [6, 6.07) is 10.3. The Labute approximate surface area is 156 Å². The van der Waals surface area contributed by atoms with Gasteiger partial charge in [0.1, 0.15) is 0 Å². The van der Waals surface area contributed by atoms with Crippen molar-refractivity contribution in [3.05, 3.63) is 30.3 Å². The molecule has 1 aromatic carbocycles. The minimum atomic E-state index is 0.0365. The Bertz CT molecular complexity index is 601. The van der Waals surface area contributed by atoms with Crippen LogP contribution < -0.4 is 5.32 Å². The summed E-state index contributed by atoms with van der Waals surface area (Å²) in [6.07, 6.45) is 5.07. The van der Waals surface area contributed by atoms with Crippen molar-refractivity contribution in [1.29, 1.82) is 0 Å². The quantitative estimate of drug-likeness (QED) is 0.901. The normalized spacial score (nSPS) is 25.1. The minimum Gasteiger partial charge on any atom is -0.336 e. The Balaban J connectivity index is 1.46. The number of amides is 2. The summed E-state index contributed by atoms with van der Waals surface area (Å²) >= 11 is 0. The first-order valence-electron chi connectivity index (χ1n) is 9.94. The van der Waals surface area contributed by atoms with Gasteiger partial charge in [0.25, 0.3) is 0 Å². The summed E-state index contributed by atoms with van der Waals surface area (Å²) < 4.78 is 0. The van der Waals surface area contributed by atoms with Gasteiger partial charge in [-0.3, -0.25) is 14.5 Å². The number of para-hydroxylation sites is 1. The van der Waals surface area contributed by atoms with E-state index >= 15 is 0 Å². The molecule has 142 valence electrons. The van der Waals surface area contributed by atoms with Crippen LogP contribution in [0.5, 0.6) is 0 Å². The fourth-order valence-corrected chi connectivity index (χ4v) is 4.30. The molecule has 1 aromatic rings. The molecule has 2 fully saturated rings. The molecule has 0 radical (unpaired) electrons. The Morgan fingerprint density at radius 3 is 2.23 bits per heavy atom. The SMILES string of the molecule is C[C@@H]1CCC[C@@H](C)N1C(=O)CN1CCC(C(=O)Nc2ccccc2)CC1. The molecule has 2 amide bonds. The molecule has 2 atom stereocenters. The second kappa shape index (κ2) is 8.67. The van der Waals surface area contributed by atoms with Crippen LogP contribution in [-0.4, -0.2) is 53.3 Å². The maximum absolute atomic E-state index is 12.7. The number of hydrogen-bond donors (Lipinski definition) is 1. The molecule has 2 aliphatic rings. The van der Waals surface area contributed by atoms with Crippen LogP contribution in [0, 0.1) is 5.92 Å². The van der Waals surface area contributed by atoms with Gasteiger partial charge in [-0.05, 0) is 71.2 Å². The zero-order valence-corrected chi connectivity index (χ0v) is 16.0. The number of carbonyl (C=O) groups excluding carboxylic acids is 2. The molecule has 5 heteroatoms. The molecule has 2 saturated heterocycles. The topological polar surface area (TPSA) is 52.7 Å². The summed E-state index contributed by atoms with van der Waals surface area (Å²) in [5.41, 5.74) is 0.850. The molecule has 1 N–H and O–H groups in total. The number of nitrogens with one attached hydrogen (secondary N) is 1.